The number of benzene rings is 1. The fourth-order valence-corrected chi connectivity index (χ4v) is 1.36. The predicted molar refractivity (Wildman–Crippen MR) is 70.6 cm³/mol. The van der Waals surface area contributed by atoms with Crippen LogP contribution in [-0.2, 0) is 9.53 Å². The standard InChI is InChI=1S/C14H19NO3/c1-9-6-7-11(10(8-9)12(16)18-5)15-13(17)14(2,3)4/h6-8H,1-5H3,(H,15,17). The van der Waals surface area contributed by atoms with Gasteiger partial charge in [-0.15, -0.1) is 0 Å². The molecule has 0 radical (unpaired) electrons. The van der Waals surface area contributed by atoms with Crippen LogP contribution in [0, 0.1) is 12.3 Å². The summed E-state index contributed by atoms with van der Waals surface area (Å²) in [4.78, 5) is 23.6. The normalized spacial score (nSPS) is 10.9. The van der Waals surface area contributed by atoms with Gasteiger partial charge in [-0.1, -0.05) is 32.4 Å². The van der Waals surface area contributed by atoms with Crippen molar-refractivity contribution >= 4 is 17.6 Å². The Morgan fingerprint density at radius 2 is 1.83 bits per heavy atom. The van der Waals surface area contributed by atoms with E-state index in [2.05, 4.69) is 5.32 Å². The molecule has 0 atom stereocenters. The van der Waals surface area contributed by atoms with Crippen LogP contribution in [0.4, 0.5) is 5.69 Å². The van der Waals surface area contributed by atoms with Gasteiger partial charge in [-0.3, -0.25) is 4.79 Å². The molecule has 0 spiro atoms. The first kappa shape index (κ1) is 14.2. The number of amides is 1. The van der Waals surface area contributed by atoms with Crippen LogP contribution in [-0.4, -0.2) is 19.0 Å². The highest BCUT2D eigenvalue weighted by molar-refractivity contribution is 6.02. The van der Waals surface area contributed by atoms with Crippen LogP contribution in [0.15, 0.2) is 18.2 Å². The summed E-state index contributed by atoms with van der Waals surface area (Å²) in [5.41, 5.74) is 1.27. The molecule has 4 nitrogen and oxygen atoms in total. The number of nitrogens with one attached hydrogen (secondary N) is 1. The Morgan fingerprint density at radius 1 is 1.22 bits per heavy atom. The van der Waals surface area contributed by atoms with E-state index in [0.29, 0.717) is 11.3 Å². The summed E-state index contributed by atoms with van der Waals surface area (Å²) in [5, 5.41) is 2.75. The summed E-state index contributed by atoms with van der Waals surface area (Å²) in [6.07, 6.45) is 0. The number of methoxy groups -OCH3 is 1. The Kier molecular flexibility index (Phi) is 4.11. The summed E-state index contributed by atoms with van der Waals surface area (Å²) >= 11 is 0. The van der Waals surface area contributed by atoms with Crippen LogP contribution >= 0.6 is 0 Å². The predicted octanol–water partition coefficient (Wildman–Crippen LogP) is 2.77. The van der Waals surface area contributed by atoms with Crippen LogP contribution in [0.5, 0.6) is 0 Å². The maximum Gasteiger partial charge on any atom is 0.339 e. The van der Waals surface area contributed by atoms with E-state index in [1.54, 1.807) is 12.1 Å². The van der Waals surface area contributed by atoms with Crippen molar-refractivity contribution in [2.75, 3.05) is 12.4 Å². The quantitative estimate of drug-likeness (QED) is 0.820. The molecule has 0 unspecified atom stereocenters. The summed E-state index contributed by atoms with van der Waals surface area (Å²) in [6, 6.07) is 5.25. The first-order valence-electron chi connectivity index (χ1n) is 5.76. The number of carbonyl (C=O) groups excluding carboxylic acids is 2. The molecular formula is C14H19NO3. The number of aryl methyl sites for hydroxylation is 1. The second-order valence-corrected chi connectivity index (χ2v) is 5.24. The van der Waals surface area contributed by atoms with Gasteiger partial charge in [0.05, 0.1) is 18.4 Å². The lowest BCUT2D eigenvalue weighted by atomic mass is 9.95. The van der Waals surface area contributed by atoms with Gasteiger partial charge in [0.15, 0.2) is 0 Å². The second kappa shape index (κ2) is 5.21. The summed E-state index contributed by atoms with van der Waals surface area (Å²) in [7, 11) is 1.32. The zero-order chi connectivity index (χ0) is 13.9. The Balaban J connectivity index is 3.09. The van der Waals surface area contributed by atoms with Gasteiger partial charge in [-0.05, 0) is 19.1 Å². The van der Waals surface area contributed by atoms with Crippen molar-refractivity contribution < 1.29 is 14.3 Å². The molecule has 0 fully saturated rings. The molecule has 0 aliphatic carbocycles. The van der Waals surface area contributed by atoms with Crippen molar-refractivity contribution in [3.63, 3.8) is 0 Å². The first-order chi connectivity index (χ1) is 8.25. The number of hydrogen-bond acceptors (Lipinski definition) is 3. The Bertz CT molecular complexity index is 472. The number of anilines is 1. The van der Waals surface area contributed by atoms with Gasteiger partial charge in [0.1, 0.15) is 0 Å². The molecule has 0 aliphatic rings. The smallest absolute Gasteiger partial charge is 0.339 e. The monoisotopic (exact) mass is 249 g/mol. The van der Waals surface area contributed by atoms with E-state index in [1.165, 1.54) is 7.11 Å². The van der Waals surface area contributed by atoms with Crippen molar-refractivity contribution in [2.24, 2.45) is 5.41 Å². The molecule has 1 rings (SSSR count). The van der Waals surface area contributed by atoms with E-state index in [9.17, 15) is 9.59 Å². The minimum absolute atomic E-state index is 0.142. The molecule has 4 heteroatoms. The maximum atomic E-state index is 11.9. The van der Waals surface area contributed by atoms with Crippen LogP contribution in [0.2, 0.25) is 0 Å². The van der Waals surface area contributed by atoms with E-state index in [1.807, 2.05) is 33.8 Å². The minimum Gasteiger partial charge on any atom is -0.465 e. The molecule has 18 heavy (non-hydrogen) atoms. The Hall–Kier alpha value is -1.84. The lowest BCUT2D eigenvalue weighted by Gasteiger charge is -2.19. The van der Waals surface area contributed by atoms with E-state index in [4.69, 9.17) is 4.74 Å². The van der Waals surface area contributed by atoms with E-state index < -0.39 is 11.4 Å². The van der Waals surface area contributed by atoms with Crippen molar-refractivity contribution in [2.45, 2.75) is 27.7 Å². The molecule has 98 valence electrons. The van der Waals surface area contributed by atoms with Gasteiger partial charge in [-0.25, -0.2) is 4.79 Å². The molecule has 0 aliphatic heterocycles. The van der Waals surface area contributed by atoms with Crippen LogP contribution in [0.25, 0.3) is 0 Å². The van der Waals surface area contributed by atoms with Gasteiger partial charge in [-0.2, -0.15) is 0 Å². The van der Waals surface area contributed by atoms with Crippen molar-refractivity contribution in [3.8, 4) is 0 Å². The molecular weight excluding hydrogens is 230 g/mol. The highest BCUT2D eigenvalue weighted by Gasteiger charge is 2.23. The Morgan fingerprint density at radius 3 is 2.33 bits per heavy atom. The van der Waals surface area contributed by atoms with Crippen LogP contribution in [0.3, 0.4) is 0 Å². The molecule has 0 saturated carbocycles. The zero-order valence-corrected chi connectivity index (χ0v) is 11.5. The second-order valence-electron chi connectivity index (χ2n) is 5.24. The third-order valence-corrected chi connectivity index (χ3v) is 2.51. The lowest BCUT2D eigenvalue weighted by molar-refractivity contribution is -0.123. The molecule has 0 aromatic heterocycles. The maximum absolute atomic E-state index is 11.9. The van der Waals surface area contributed by atoms with Gasteiger partial charge in [0.2, 0.25) is 5.91 Å². The SMILES string of the molecule is COC(=O)c1cc(C)ccc1NC(=O)C(C)(C)C. The summed E-state index contributed by atoms with van der Waals surface area (Å²) < 4.78 is 4.71. The average molecular weight is 249 g/mol. The van der Waals surface area contributed by atoms with E-state index in [0.717, 1.165) is 5.56 Å². The van der Waals surface area contributed by atoms with Crippen LogP contribution < -0.4 is 5.32 Å². The molecule has 0 heterocycles. The van der Waals surface area contributed by atoms with Crippen molar-refractivity contribution in [1.82, 2.24) is 0 Å². The Labute approximate surface area is 107 Å². The third kappa shape index (κ3) is 3.32. The van der Waals surface area contributed by atoms with Gasteiger partial charge in [0, 0.05) is 5.41 Å². The van der Waals surface area contributed by atoms with Gasteiger partial charge in [0.25, 0.3) is 0 Å². The van der Waals surface area contributed by atoms with E-state index >= 15 is 0 Å². The summed E-state index contributed by atoms with van der Waals surface area (Å²) in [6.45, 7) is 7.32. The molecule has 1 aromatic carbocycles. The van der Waals surface area contributed by atoms with Crippen molar-refractivity contribution in [1.29, 1.82) is 0 Å². The molecule has 1 amide bonds. The third-order valence-electron chi connectivity index (χ3n) is 2.51. The number of hydrogen-bond donors (Lipinski definition) is 1. The molecule has 0 saturated heterocycles. The molecule has 0 bridgehead atoms. The molecule has 1 aromatic rings. The fourth-order valence-electron chi connectivity index (χ4n) is 1.36. The fraction of sp³-hybridized carbons (Fsp3) is 0.429. The number of ether oxygens (including phenoxy) is 1. The average Bonchev–Trinajstić information content (AvgIpc) is 2.29. The highest BCUT2D eigenvalue weighted by Crippen LogP contribution is 2.22. The highest BCUT2D eigenvalue weighted by atomic mass is 16.5. The molecule has 1 N–H and O–H groups in total. The zero-order valence-electron chi connectivity index (χ0n) is 11.5. The number of carbonyl (C=O) groups is 2. The van der Waals surface area contributed by atoms with Gasteiger partial charge >= 0.3 is 5.97 Å². The summed E-state index contributed by atoms with van der Waals surface area (Å²) in [5.74, 6) is -0.598. The van der Waals surface area contributed by atoms with Crippen LogP contribution in [0.1, 0.15) is 36.7 Å². The number of rotatable bonds is 2. The van der Waals surface area contributed by atoms with Crippen molar-refractivity contribution in [3.05, 3.63) is 29.3 Å². The minimum atomic E-state index is -0.516. The number of esters is 1. The van der Waals surface area contributed by atoms with Gasteiger partial charge < -0.3 is 10.1 Å². The lowest BCUT2D eigenvalue weighted by Crippen LogP contribution is -2.28. The first-order valence-corrected chi connectivity index (χ1v) is 5.76. The largest absolute Gasteiger partial charge is 0.465 e. The topological polar surface area (TPSA) is 55.4 Å². The van der Waals surface area contributed by atoms with E-state index in [-0.39, 0.29) is 5.91 Å².